The number of rotatable bonds is 7. The molecule has 26 rings (SSSR count). The molecule has 0 unspecified atom stereocenters. The number of aromatic nitrogens is 2. The van der Waals surface area contributed by atoms with Crippen molar-refractivity contribution in [2.24, 2.45) is 0 Å². The Morgan fingerprint density at radius 2 is 0.562 bits per heavy atom. The fourth-order valence-electron chi connectivity index (χ4n) is 22.4. The molecule has 568 valence electrons. The average molecular weight is 1540 g/mol. The molecule has 3 aliphatic rings. The molecular formula is C117H79N3O. The molecule has 2 aliphatic carbocycles. The summed E-state index contributed by atoms with van der Waals surface area (Å²) in [5, 5.41) is 22.4. The van der Waals surface area contributed by atoms with Crippen LogP contribution in [0.5, 0.6) is 0 Å². The van der Waals surface area contributed by atoms with Gasteiger partial charge in [-0.05, 0) is 298 Å². The van der Waals surface area contributed by atoms with Crippen LogP contribution in [0.25, 0.3) is 208 Å². The van der Waals surface area contributed by atoms with Crippen molar-refractivity contribution in [3.8, 4) is 78.1 Å². The summed E-state index contributed by atoms with van der Waals surface area (Å²) < 4.78 is 11.7. The summed E-state index contributed by atoms with van der Waals surface area (Å²) in [6, 6.07) is 140. The number of furan rings is 1. The maximum absolute atomic E-state index is 6.72. The highest BCUT2D eigenvalue weighted by Crippen LogP contribution is 2.59. The summed E-state index contributed by atoms with van der Waals surface area (Å²) in [5.41, 5.74) is 34.3. The fourth-order valence-corrected chi connectivity index (χ4v) is 22.4. The summed E-state index contributed by atoms with van der Waals surface area (Å²) in [4.78, 5) is 2.52. The maximum Gasteiger partial charge on any atom is 0.137 e. The monoisotopic (exact) mass is 1540 g/mol. The minimum atomic E-state index is -0.370. The van der Waals surface area contributed by atoms with Gasteiger partial charge in [-0.2, -0.15) is 0 Å². The molecule has 0 spiro atoms. The van der Waals surface area contributed by atoms with Gasteiger partial charge in [0.25, 0.3) is 0 Å². The highest BCUT2D eigenvalue weighted by atomic mass is 16.3. The van der Waals surface area contributed by atoms with Crippen LogP contribution in [0.1, 0.15) is 74.9 Å². The van der Waals surface area contributed by atoms with Gasteiger partial charge in [-0.3, -0.25) is 0 Å². The Hall–Kier alpha value is -14.8. The molecule has 0 radical (unpaired) electrons. The lowest BCUT2D eigenvalue weighted by molar-refractivity contribution is 0.631. The van der Waals surface area contributed by atoms with E-state index in [0.717, 1.165) is 50.4 Å². The first-order valence-corrected chi connectivity index (χ1v) is 42.6. The summed E-state index contributed by atoms with van der Waals surface area (Å²) in [6.07, 6.45) is 0. The highest BCUT2D eigenvalue weighted by molar-refractivity contribution is 6.28. The standard InChI is InChI=1S/C117H79N3O/c1-115(2)100-35-21-19-33-88(100)94-64-98-96-60-72(43-53-106(96)118(109(98)66-103(94)115)76-23-9-7-10-24-76)69-39-49-86-82-30-15-16-31-83(82)87-50-40-70(59-93(87)92(86)58-69)73-44-54-107-97(61-73)99-65-95-89-51-42-74(62-102(89)117(5,6)104(95)67-110(99)119(107)77-25-11-8-12-26-77)68-37-46-78(47-38-68)120-108-55-45-75(71-41-48-85-81-29-14-13-27-79(81)80-28-17-18-32-84(80)91(85)57-71)63-105(108)116(3,4)101-52-56-112-113(114(101)120)90-34-20-22-36-111(90)121-112/h7-67H,1-6H3. The largest absolute Gasteiger partial charge is 0.456 e. The lowest BCUT2D eigenvalue weighted by atomic mass is 9.72. The zero-order valence-corrected chi connectivity index (χ0v) is 68.0. The van der Waals surface area contributed by atoms with Gasteiger partial charge in [-0.1, -0.05) is 278 Å². The molecule has 121 heavy (non-hydrogen) atoms. The van der Waals surface area contributed by atoms with Crippen LogP contribution in [0.4, 0.5) is 17.1 Å². The van der Waals surface area contributed by atoms with E-state index >= 15 is 0 Å². The first-order valence-electron chi connectivity index (χ1n) is 42.6. The third-order valence-corrected chi connectivity index (χ3v) is 28.4. The first-order chi connectivity index (χ1) is 59.2. The van der Waals surface area contributed by atoms with E-state index in [4.69, 9.17) is 4.42 Å². The Labute approximate surface area is 700 Å². The number of hydrogen-bond donors (Lipinski definition) is 0. The van der Waals surface area contributed by atoms with E-state index in [0.29, 0.717) is 0 Å². The lowest BCUT2D eigenvalue weighted by Gasteiger charge is -2.42. The van der Waals surface area contributed by atoms with Crippen LogP contribution in [0.3, 0.4) is 0 Å². The molecule has 0 fully saturated rings. The SMILES string of the molecule is CC1(C)c2ccccc2-c2cc3c4cc(-c5ccc6c7ccccc7c7ccc(-c8ccc9c(c8)c8cc%10c(cc8n9-c8ccccc8)C(C)(C)c8cc(-c9ccc(N%11c%12ccc(-c%13ccc%14c%15ccccc%15c%15ccccc%15c%14c%13)cc%12C(C)(C)c%12ccc%13oc%14ccccc%14c%13c%12%11)cc9)ccc8-%10)cc7c6c5)ccc4n(-c4ccccc4)c3cc21. The van der Waals surface area contributed by atoms with E-state index in [2.05, 4.69) is 426 Å². The van der Waals surface area contributed by atoms with Crippen LogP contribution < -0.4 is 4.90 Å². The third-order valence-electron chi connectivity index (χ3n) is 28.4. The molecule has 0 N–H and O–H groups in total. The van der Waals surface area contributed by atoms with Gasteiger partial charge in [0, 0.05) is 60.2 Å². The molecule has 4 nitrogen and oxygen atoms in total. The van der Waals surface area contributed by atoms with Crippen LogP contribution in [0, 0.1) is 0 Å². The van der Waals surface area contributed by atoms with E-state index < -0.39 is 0 Å². The number of hydrogen-bond acceptors (Lipinski definition) is 2. The van der Waals surface area contributed by atoms with E-state index in [9.17, 15) is 0 Å². The molecule has 4 heterocycles. The third kappa shape index (κ3) is 9.56. The molecule has 4 heteroatoms. The van der Waals surface area contributed by atoms with Gasteiger partial charge in [0.05, 0.1) is 38.8 Å². The van der Waals surface area contributed by atoms with Crippen LogP contribution in [0.15, 0.2) is 374 Å². The topological polar surface area (TPSA) is 26.2 Å². The van der Waals surface area contributed by atoms with Gasteiger partial charge in [-0.15, -0.1) is 0 Å². The van der Waals surface area contributed by atoms with Gasteiger partial charge >= 0.3 is 0 Å². The van der Waals surface area contributed by atoms with Gasteiger partial charge in [0.2, 0.25) is 0 Å². The van der Waals surface area contributed by atoms with Crippen LogP contribution in [-0.2, 0) is 16.2 Å². The molecule has 23 aromatic rings. The van der Waals surface area contributed by atoms with Crippen LogP contribution in [0.2, 0.25) is 0 Å². The molecule has 3 aromatic heterocycles. The molecule has 0 atom stereocenters. The van der Waals surface area contributed by atoms with Gasteiger partial charge in [-0.25, -0.2) is 0 Å². The number of benzene rings is 20. The van der Waals surface area contributed by atoms with Crippen molar-refractivity contribution in [3.05, 3.63) is 403 Å². The average Bonchev–Trinajstić information content (AvgIpc) is 1.10. The number of para-hydroxylation sites is 3. The smallest absolute Gasteiger partial charge is 0.137 e. The van der Waals surface area contributed by atoms with Crippen molar-refractivity contribution >= 4 is 147 Å². The minimum Gasteiger partial charge on any atom is -0.456 e. The van der Waals surface area contributed by atoms with Crippen molar-refractivity contribution in [1.29, 1.82) is 0 Å². The highest BCUT2D eigenvalue weighted by Gasteiger charge is 2.42. The van der Waals surface area contributed by atoms with Gasteiger partial charge < -0.3 is 18.5 Å². The predicted octanol–water partition coefficient (Wildman–Crippen LogP) is 32.1. The zero-order valence-electron chi connectivity index (χ0n) is 68.0. The Morgan fingerprint density at radius 3 is 1.10 bits per heavy atom. The maximum atomic E-state index is 6.72. The Balaban J connectivity index is 0.579. The fraction of sp³-hybridized carbons (Fsp3) is 0.0769. The predicted molar refractivity (Wildman–Crippen MR) is 511 cm³/mol. The normalized spacial score (nSPS) is 14.2. The molecule has 1 aliphatic heterocycles. The summed E-state index contributed by atoms with van der Waals surface area (Å²) in [6.45, 7) is 14.4. The van der Waals surface area contributed by atoms with E-state index in [1.54, 1.807) is 0 Å². The second-order valence-corrected chi connectivity index (χ2v) is 35.8. The van der Waals surface area contributed by atoms with E-state index in [-0.39, 0.29) is 16.2 Å². The Morgan fingerprint density at radius 1 is 0.198 bits per heavy atom. The van der Waals surface area contributed by atoms with Crippen LogP contribution >= 0.6 is 0 Å². The van der Waals surface area contributed by atoms with E-state index in [1.807, 2.05) is 0 Å². The quantitative estimate of drug-likeness (QED) is 0.149. The molecule has 0 saturated heterocycles. The van der Waals surface area contributed by atoms with E-state index in [1.165, 1.54) is 208 Å². The number of nitrogens with zero attached hydrogens (tertiary/aromatic N) is 3. The number of anilines is 3. The Bertz CT molecular complexity index is 8500. The summed E-state index contributed by atoms with van der Waals surface area (Å²) >= 11 is 0. The molecule has 0 bridgehead atoms. The summed E-state index contributed by atoms with van der Waals surface area (Å²) in [5.74, 6) is 0. The lowest BCUT2D eigenvalue weighted by Crippen LogP contribution is -2.30. The second-order valence-electron chi connectivity index (χ2n) is 35.8. The minimum absolute atomic E-state index is 0.122. The molecule has 0 saturated carbocycles. The van der Waals surface area contributed by atoms with Crippen molar-refractivity contribution in [2.75, 3.05) is 4.90 Å². The van der Waals surface area contributed by atoms with Gasteiger partial charge in [0.15, 0.2) is 0 Å². The number of fused-ring (bicyclic) bond motifs is 30. The zero-order chi connectivity index (χ0) is 80.2. The Kier molecular flexibility index (Phi) is 13.9. The molecule has 20 aromatic carbocycles. The van der Waals surface area contributed by atoms with Crippen LogP contribution in [-0.4, -0.2) is 9.13 Å². The summed E-state index contributed by atoms with van der Waals surface area (Å²) in [7, 11) is 0. The van der Waals surface area contributed by atoms with Crippen molar-refractivity contribution in [2.45, 2.75) is 57.8 Å². The van der Waals surface area contributed by atoms with Crippen molar-refractivity contribution in [1.82, 2.24) is 9.13 Å². The first kappa shape index (κ1) is 68.2. The van der Waals surface area contributed by atoms with Crippen molar-refractivity contribution in [3.63, 3.8) is 0 Å². The molecular weight excluding hydrogens is 1460 g/mol. The van der Waals surface area contributed by atoms with Crippen molar-refractivity contribution < 1.29 is 4.42 Å². The molecule has 0 amide bonds. The second kappa shape index (κ2) is 24.6. The van der Waals surface area contributed by atoms with Gasteiger partial charge in [0.1, 0.15) is 11.2 Å².